The molecule has 0 aliphatic carbocycles. The van der Waals surface area contributed by atoms with Crippen molar-refractivity contribution in [2.45, 2.75) is 37.0 Å². The molecular weight excluding hydrogens is 246 g/mol. The van der Waals surface area contributed by atoms with Gasteiger partial charge in [-0.3, -0.25) is 0 Å². The Morgan fingerprint density at radius 2 is 1.61 bits per heavy atom. The largest absolute Gasteiger partial charge is 0.319 e. The third-order valence-corrected chi connectivity index (χ3v) is 4.89. The van der Waals surface area contributed by atoms with Gasteiger partial charge in [-0.15, -0.1) is 0 Å². The van der Waals surface area contributed by atoms with Gasteiger partial charge in [0, 0.05) is 18.2 Å². The standard InChI is InChI=1S/C14H23NO2S/c1-5-14(6-2,11-15-3)12-7-9-13(10-8-12)18(4,16)17/h7-10,15H,5-6,11H2,1-4H3. The second-order valence-electron chi connectivity index (χ2n) is 4.81. The van der Waals surface area contributed by atoms with Crippen molar-refractivity contribution in [1.29, 1.82) is 0 Å². The van der Waals surface area contributed by atoms with Crippen molar-refractivity contribution >= 4 is 9.84 Å². The van der Waals surface area contributed by atoms with Crippen LogP contribution in [0.1, 0.15) is 32.3 Å². The highest BCUT2D eigenvalue weighted by atomic mass is 32.2. The van der Waals surface area contributed by atoms with Crippen LogP contribution in [0.4, 0.5) is 0 Å². The van der Waals surface area contributed by atoms with Crippen molar-refractivity contribution in [2.24, 2.45) is 0 Å². The molecule has 0 unspecified atom stereocenters. The summed E-state index contributed by atoms with van der Waals surface area (Å²) in [5, 5.41) is 3.24. The fraction of sp³-hybridized carbons (Fsp3) is 0.571. The van der Waals surface area contributed by atoms with Crippen molar-refractivity contribution in [2.75, 3.05) is 19.8 Å². The van der Waals surface area contributed by atoms with E-state index in [1.54, 1.807) is 12.1 Å². The number of likely N-dealkylation sites (N-methyl/N-ethyl adjacent to an activating group) is 1. The van der Waals surface area contributed by atoms with Crippen LogP contribution in [-0.2, 0) is 15.3 Å². The zero-order valence-corrected chi connectivity index (χ0v) is 12.5. The molecule has 1 rings (SSSR count). The molecule has 0 saturated heterocycles. The lowest BCUT2D eigenvalue weighted by Crippen LogP contribution is -2.35. The lowest BCUT2D eigenvalue weighted by Gasteiger charge is -2.32. The molecule has 0 aromatic heterocycles. The zero-order valence-electron chi connectivity index (χ0n) is 11.7. The molecule has 0 atom stereocenters. The molecule has 1 aromatic carbocycles. The molecular formula is C14H23NO2S. The first kappa shape index (κ1) is 15.2. The summed E-state index contributed by atoms with van der Waals surface area (Å²) in [7, 11) is -1.16. The number of sulfone groups is 1. The Balaban J connectivity index is 3.16. The zero-order chi connectivity index (χ0) is 13.8. The second kappa shape index (κ2) is 5.85. The van der Waals surface area contributed by atoms with E-state index in [1.807, 2.05) is 19.2 Å². The van der Waals surface area contributed by atoms with Crippen LogP contribution in [0.2, 0.25) is 0 Å². The molecule has 4 heteroatoms. The van der Waals surface area contributed by atoms with Crippen LogP contribution in [0.25, 0.3) is 0 Å². The topological polar surface area (TPSA) is 46.2 Å². The Kier molecular flexibility index (Phi) is 4.93. The predicted molar refractivity (Wildman–Crippen MR) is 75.7 cm³/mol. The van der Waals surface area contributed by atoms with E-state index in [4.69, 9.17) is 0 Å². The number of benzene rings is 1. The van der Waals surface area contributed by atoms with Crippen molar-refractivity contribution in [1.82, 2.24) is 5.32 Å². The Labute approximate surface area is 111 Å². The number of hydrogen-bond donors (Lipinski definition) is 1. The van der Waals surface area contributed by atoms with Gasteiger partial charge in [-0.05, 0) is 37.6 Å². The molecule has 1 N–H and O–H groups in total. The quantitative estimate of drug-likeness (QED) is 0.862. The maximum absolute atomic E-state index is 11.4. The van der Waals surface area contributed by atoms with Gasteiger partial charge in [0.2, 0.25) is 0 Å². The van der Waals surface area contributed by atoms with E-state index in [-0.39, 0.29) is 5.41 Å². The second-order valence-corrected chi connectivity index (χ2v) is 6.83. The van der Waals surface area contributed by atoms with Gasteiger partial charge in [-0.25, -0.2) is 8.42 Å². The van der Waals surface area contributed by atoms with Crippen LogP contribution in [0.15, 0.2) is 29.2 Å². The molecule has 3 nitrogen and oxygen atoms in total. The van der Waals surface area contributed by atoms with Crippen LogP contribution >= 0.6 is 0 Å². The first-order chi connectivity index (χ1) is 8.39. The minimum Gasteiger partial charge on any atom is -0.319 e. The first-order valence-corrected chi connectivity index (χ1v) is 8.24. The van der Waals surface area contributed by atoms with E-state index in [1.165, 1.54) is 11.8 Å². The van der Waals surface area contributed by atoms with Gasteiger partial charge in [0.25, 0.3) is 0 Å². The smallest absolute Gasteiger partial charge is 0.175 e. The minimum absolute atomic E-state index is 0.0881. The summed E-state index contributed by atoms with van der Waals surface area (Å²) in [5.41, 5.74) is 1.29. The van der Waals surface area contributed by atoms with Gasteiger partial charge in [-0.2, -0.15) is 0 Å². The lowest BCUT2D eigenvalue weighted by molar-refractivity contribution is 0.380. The Morgan fingerprint density at radius 1 is 1.11 bits per heavy atom. The van der Waals surface area contributed by atoms with Crippen LogP contribution < -0.4 is 5.32 Å². The summed E-state index contributed by atoms with van der Waals surface area (Å²) in [6.07, 6.45) is 3.30. The average Bonchev–Trinajstić information content (AvgIpc) is 2.35. The fourth-order valence-corrected chi connectivity index (χ4v) is 3.03. The SMILES string of the molecule is CCC(CC)(CNC)c1ccc(S(C)(=O)=O)cc1. The third kappa shape index (κ3) is 3.12. The Morgan fingerprint density at radius 3 is 1.94 bits per heavy atom. The van der Waals surface area contributed by atoms with Gasteiger partial charge >= 0.3 is 0 Å². The van der Waals surface area contributed by atoms with Crippen LogP contribution in [0.3, 0.4) is 0 Å². The average molecular weight is 269 g/mol. The Bertz CT molecular complexity index is 473. The van der Waals surface area contributed by atoms with Crippen LogP contribution in [0.5, 0.6) is 0 Å². The van der Waals surface area contributed by atoms with Crippen molar-refractivity contribution in [3.8, 4) is 0 Å². The molecule has 0 heterocycles. The van der Waals surface area contributed by atoms with E-state index in [0.717, 1.165) is 19.4 Å². The van der Waals surface area contributed by atoms with Crippen molar-refractivity contribution in [3.05, 3.63) is 29.8 Å². The van der Waals surface area contributed by atoms with E-state index in [2.05, 4.69) is 19.2 Å². The third-order valence-electron chi connectivity index (χ3n) is 3.76. The molecule has 102 valence electrons. The molecule has 18 heavy (non-hydrogen) atoms. The summed E-state index contributed by atoms with van der Waals surface area (Å²) in [6, 6.07) is 7.31. The van der Waals surface area contributed by atoms with E-state index in [9.17, 15) is 8.42 Å². The van der Waals surface area contributed by atoms with Gasteiger partial charge in [0.1, 0.15) is 0 Å². The molecule has 0 aliphatic rings. The molecule has 0 radical (unpaired) electrons. The lowest BCUT2D eigenvalue weighted by atomic mass is 9.76. The summed E-state index contributed by atoms with van der Waals surface area (Å²) in [4.78, 5) is 0.386. The Hall–Kier alpha value is -0.870. The molecule has 1 aromatic rings. The number of hydrogen-bond acceptors (Lipinski definition) is 3. The van der Waals surface area contributed by atoms with Crippen molar-refractivity contribution < 1.29 is 8.42 Å². The van der Waals surface area contributed by atoms with E-state index in [0.29, 0.717) is 4.90 Å². The van der Waals surface area contributed by atoms with Crippen LogP contribution in [0, 0.1) is 0 Å². The maximum Gasteiger partial charge on any atom is 0.175 e. The molecule has 0 saturated carbocycles. The fourth-order valence-electron chi connectivity index (χ4n) is 2.40. The minimum atomic E-state index is -3.11. The molecule has 0 amide bonds. The highest BCUT2D eigenvalue weighted by Gasteiger charge is 2.27. The summed E-state index contributed by atoms with van der Waals surface area (Å²) < 4.78 is 22.9. The number of nitrogens with one attached hydrogen (secondary N) is 1. The molecule has 0 spiro atoms. The van der Waals surface area contributed by atoms with E-state index < -0.39 is 9.84 Å². The summed E-state index contributed by atoms with van der Waals surface area (Å²) in [5.74, 6) is 0. The van der Waals surface area contributed by atoms with E-state index >= 15 is 0 Å². The van der Waals surface area contributed by atoms with Crippen LogP contribution in [-0.4, -0.2) is 28.3 Å². The van der Waals surface area contributed by atoms with Gasteiger partial charge in [0.05, 0.1) is 4.90 Å². The monoisotopic (exact) mass is 269 g/mol. The molecule has 0 fully saturated rings. The highest BCUT2D eigenvalue weighted by molar-refractivity contribution is 7.90. The summed E-state index contributed by atoms with van der Waals surface area (Å²) >= 11 is 0. The predicted octanol–water partition coefficient (Wildman–Crippen LogP) is 2.37. The van der Waals surface area contributed by atoms with Gasteiger partial charge < -0.3 is 5.32 Å². The maximum atomic E-state index is 11.4. The normalized spacial score (nSPS) is 12.7. The van der Waals surface area contributed by atoms with Gasteiger partial charge in [0.15, 0.2) is 9.84 Å². The molecule has 0 bridgehead atoms. The van der Waals surface area contributed by atoms with Crippen molar-refractivity contribution in [3.63, 3.8) is 0 Å². The number of rotatable bonds is 6. The summed E-state index contributed by atoms with van der Waals surface area (Å²) in [6.45, 7) is 5.24. The highest BCUT2D eigenvalue weighted by Crippen LogP contribution is 2.31. The first-order valence-electron chi connectivity index (χ1n) is 6.35. The molecule has 0 aliphatic heterocycles. The van der Waals surface area contributed by atoms with Gasteiger partial charge in [-0.1, -0.05) is 26.0 Å².